The van der Waals surface area contributed by atoms with Crippen molar-refractivity contribution in [3.63, 3.8) is 0 Å². The highest BCUT2D eigenvalue weighted by Gasteiger charge is 2.27. The van der Waals surface area contributed by atoms with E-state index in [0.29, 0.717) is 19.6 Å². The van der Waals surface area contributed by atoms with Crippen molar-refractivity contribution in [3.8, 4) is 0 Å². The van der Waals surface area contributed by atoms with Crippen molar-refractivity contribution in [1.82, 2.24) is 9.62 Å². The van der Waals surface area contributed by atoms with Gasteiger partial charge in [-0.15, -0.1) is 11.3 Å². The number of amides is 1. The van der Waals surface area contributed by atoms with E-state index in [-0.39, 0.29) is 11.8 Å². The number of carbonyl (C=O) groups is 1. The Bertz CT molecular complexity index is 552. The first-order valence-corrected chi connectivity index (χ1v) is 8.39. The van der Waals surface area contributed by atoms with Crippen LogP contribution in [0.15, 0.2) is 29.5 Å². The van der Waals surface area contributed by atoms with Gasteiger partial charge in [-0.05, 0) is 23.8 Å². The van der Waals surface area contributed by atoms with Crippen molar-refractivity contribution in [3.05, 3.63) is 34.4 Å². The van der Waals surface area contributed by atoms with Crippen LogP contribution in [0.3, 0.4) is 0 Å². The second-order valence-corrected chi connectivity index (χ2v) is 7.10. The molecule has 0 spiro atoms. The number of thiophene rings is 1. The molecule has 1 aromatic heterocycles. The second-order valence-electron chi connectivity index (χ2n) is 4.44. The molecule has 7 heteroatoms. The van der Waals surface area contributed by atoms with Gasteiger partial charge in [-0.25, -0.2) is 13.1 Å². The molecule has 19 heavy (non-hydrogen) atoms. The highest BCUT2D eigenvalue weighted by Crippen LogP contribution is 2.20. The summed E-state index contributed by atoms with van der Waals surface area (Å²) in [6.07, 6.45) is 0.816. The van der Waals surface area contributed by atoms with Gasteiger partial charge in [0.1, 0.15) is 0 Å². The van der Waals surface area contributed by atoms with Crippen molar-refractivity contribution in [2.45, 2.75) is 6.42 Å². The van der Waals surface area contributed by atoms with Crippen LogP contribution in [0.25, 0.3) is 0 Å². The number of carbonyl (C=O) groups excluding carboxylic acids is 1. The fourth-order valence-electron chi connectivity index (χ4n) is 2.03. The third kappa shape index (κ3) is 3.65. The fraction of sp³-hybridized carbons (Fsp3) is 0.417. The van der Waals surface area contributed by atoms with Gasteiger partial charge in [0.15, 0.2) is 0 Å². The highest BCUT2D eigenvalue weighted by molar-refractivity contribution is 7.92. The molecule has 0 saturated carbocycles. The van der Waals surface area contributed by atoms with Crippen LogP contribution in [0.1, 0.15) is 16.1 Å². The molecular formula is C12H16N2O3S2. The smallest absolute Gasteiger partial charge is 0.263 e. The molecule has 0 bridgehead atoms. The lowest BCUT2D eigenvalue weighted by atomic mass is 10.1. The fourth-order valence-corrected chi connectivity index (χ4v) is 3.31. The number of rotatable bonds is 5. The maximum Gasteiger partial charge on any atom is 0.263 e. The quantitative estimate of drug-likeness (QED) is 0.890. The predicted octanol–water partition coefficient (Wildman–Crippen LogP) is 1.27. The second kappa shape index (κ2) is 5.85. The first-order valence-electron chi connectivity index (χ1n) is 5.97. The molecule has 1 aromatic rings. The average molecular weight is 300 g/mol. The summed E-state index contributed by atoms with van der Waals surface area (Å²) in [6.45, 7) is 4.86. The molecule has 1 saturated heterocycles. The van der Waals surface area contributed by atoms with E-state index in [9.17, 15) is 13.2 Å². The van der Waals surface area contributed by atoms with Crippen LogP contribution in [-0.4, -0.2) is 38.9 Å². The van der Waals surface area contributed by atoms with Gasteiger partial charge in [-0.3, -0.25) is 4.79 Å². The Labute approximate surface area is 117 Å². The lowest BCUT2D eigenvalue weighted by molar-refractivity contribution is 0.0792. The van der Waals surface area contributed by atoms with Crippen LogP contribution in [-0.2, 0) is 10.0 Å². The Morgan fingerprint density at radius 3 is 3.05 bits per heavy atom. The molecule has 1 aliphatic rings. The zero-order valence-corrected chi connectivity index (χ0v) is 12.0. The van der Waals surface area contributed by atoms with Crippen molar-refractivity contribution < 1.29 is 13.2 Å². The van der Waals surface area contributed by atoms with E-state index in [1.807, 2.05) is 11.4 Å². The first-order chi connectivity index (χ1) is 9.02. The molecular weight excluding hydrogens is 284 g/mol. The van der Waals surface area contributed by atoms with Gasteiger partial charge >= 0.3 is 0 Å². The third-order valence-electron chi connectivity index (χ3n) is 3.10. The Hall–Kier alpha value is -1.18. The maximum absolute atomic E-state index is 12.1. The molecule has 2 heterocycles. The normalized spacial score (nSPS) is 19.6. The minimum atomic E-state index is -3.38. The summed E-state index contributed by atoms with van der Waals surface area (Å²) >= 11 is 1.42. The summed E-state index contributed by atoms with van der Waals surface area (Å²) in [6, 6.07) is 3.66. The lowest BCUT2D eigenvalue weighted by Crippen LogP contribution is -2.32. The molecule has 1 amide bonds. The molecule has 104 valence electrons. The Morgan fingerprint density at radius 2 is 2.42 bits per heavy atom. The van der Waals surface area contributed by atoms with Gasteiger partial charge in [-0.2, -0.15) is 0 Å². The SMILES string of the molecule is C=CS(=O)(=O)NC[C@H]1CCN(C(=O)c2cccs2)C1. The van der Waals surface area contributed by atoms with Crippen LogP contribution in [0.5, 0.6) is 0 Å². The van der Waals surface area contributed by atoms with Crippen LogP contribution in [0.4, 0.5) is 0 Å². The standard InChI is InChI=1S/C12H16N2O3S2/c1-2-19(16,17)13-8-10-5-6-14(9-10)12(15)11-4-3-7-18-11/h2-4,7,10,13H,1,5-6,8-9H2/t10-/m1/s1. The molecule has 1 aliphatic heterocycles. The molecule has 2 rings (SSSR count). The number of sulfonamides is 1. The number of hydrogen-bond donors (Lipinski definition) is 1. The lowest BCUT2D eigenvalue weighted by Gasteiger charge is -2.15. The molecule has 0 aliphatic carbocycles. The largest absolute Gasteiger partial charge is 0.338 e. The average Bonchev–Trinajstić information content (AvgIpc) is 3.07. The molecule has 0 aromatic carbocycles. The molecule has 1 fully saturated rings. The summed E-state index contributed by atoms with van der Waals surface area (Å²) in [5, 5.41) is 2.77. The molecule has 1 N–H and O–H groups in total. The van der Waals surface area contributed by atoms with Crippen molar-refractivity contribution >= 4 is 27.3 Å². The Balaban J connectivity index is 1.87. The summed E-state index contributed by atoms with van der Waals surface area (Å²) < 4.78 is 25.0. The first kappa shape index (κ1) is 14.2. The van der Waals surface area contributed by atoms with Gasteiger partial charge < -0.3 is 4.90 Å². The van der Waals surface area contributed by atoms with E-state index in [4.69, 9.17) is 0 Å². The van der Waals surface area contributed by atoms with Crippen molar-refractivity contribution in [1.29, 1.82) is 0 Å². The summed E-state index contributed by atoms with van der Waals surface area (Å²) in [7, 11) is -3.38. The minimum Gasteiger partial charge on any atom is -0.338 e. The monoisotopic (exact) mass is 300 g/mol. The number of hydrogen-bond acceptors (Lipinski definition) is 4. The highest BCUT2D eigenvalue weighted by atomic mass is 32.2. The van der Waals surface area contributed by atoms with Gasteiger partial charge in [-0.1, -0.05) is 12.6 Å². The summed E-state index contributed by atoms with van der Waals surface area (Å²) in [5.74, 6) is 0.197. The number of likely N-dealkylation sites (tertiary alicyclic amines) is 1. The van der Waals surface area contributed by atoms with Gasteiger partial charge in [0.2, 0.25) is 10.0 Å². The Morgan fingerprint density at radius 1 is 1.63 bits per heavy atom. The molecule has 5 nitrogen and oxygen atoms in total. The zero-order valence-electron chi connectivity index (χ0n) is 10.4. The van der Waals surface area contributed by atoms with Gasteiger partial charge in [0.05, 0.1) is 4.88 Å². The summed E-state index contributed by atoms with van der Waals surface area (Å²) in [4.78, 5) is 14.6. The van der Waals surface area contributed by atoms with Crippen molar-refractivity contribution in [2.75, 3.05) is 19.6 Å². The third-order valence-corrected chi connectivity index (χ3v) is 4.96. The molecule has 0 unspecified atom stereocenters. The van der Waals surface area contributed by atoms with E-state index >= 15 is 0 Å². The maximum atomic E-state index is 12.1. The molecule has 1 atom stereocenters. The number of nitrogens with zero attached hydrogens (tertiary/aromatic N) is 1. The van der Waals surface area contributed by atoms with Crippen LogP contribution in [0.2, 0.25) is 0 Å². The minimum absolute atomic E-state index is 0.0316. The Kier molecular flexibility index (Phi) is 4.38. The van der Waals surface area contributed by atoms with Crippen molar-refractivity contribution in [2.24, 2.45) is 5.92 Å². The van der Waals surface area contributed by atoms with Gasteiger partial charge in [0, 0.05) is 25.0 Å². The molecule has 0 radical (unpaired) electrons. The van der Waals surface area contributed by atoms with Crippen LogP contribution >= 0.6 is 11.3 Å². The van der Waals surface area contributed by atoms with Gasteiger partial charge in [0.25, 0.3) is 5.91 Å². The van der Waals surface area contributed by atoms with E-state index in [2.05, 4.69) is 11.3 Å². The van der Waals surface area contributed by atoms with Crippen LogP contribution in [0, 0.1) is 5.92 Å². The number of nitrogens with one attached hydrogen (secondary N) is 1. The predicted molar refractivity (Wildman–Crippen MR) is 75.4 cm³/mol. The summed E-state index contributed by atoms with van der Waals surface area (Å²) in [5.41, 5.74) is 0. The van der Waals surface area contributed by atoms with Crippen LogP contribution < -0.4 is 4.72 Å². The van der Waals surface area contributed by atoms with E-state index in [0.717, 1.165) is 16.7 Å². The topological polar surface area (TPSA) is 66.5 Å². The van der Waals surface area contributed by atoms with E-state index < -0.39 is 10.0 Å². The van der Waals surface area contributed by atoms with E-state index in [1.165, 1.54) is 11.3 Å². The van der Waals surface area contributed by atoms with E-state index in [1.54, 1.807) is 11.0 Å². The zero-order chi connectivity index (χ0) is 13.9.